The third-order valence-electron chi connectivity index (χ3n) is 5.14. The van der Waals surface area contributed by atoms with E-state index in [0.717, 1.165) is 11.1 Å². The van der Waals surface area contributed by atoms with Crippen molar-refractivity contribution in [2.24, 2.45) is 0 Å². The number of carbonyl (C=O) groups is 2. The number of hydrogen-bond donors (Lipinski definition) is 1. The fourth-order valence-electron chi connectivity index (χ4n) is 3.53. The fraction of sp³-hybridized carbons (Fsp3) is 0.217. The summed E-state index contributed by atoms with van der Waals surface area (Å²) in [6.07, 6.45) is 0. The lowest BCUT2D eigenvalue weighted by Crippen LogP contribution is -2.29. The fourth-order valence-corrected chi connectivity index (χ4v) is 4.12. The van der Waals surface area contributed by atoms with Gasteiger partial charge in [-0.25, -0.2) is 0 Å². The molecule has 1 atom stereocenters. The number of aliphatic hydroxyl groups is 1. The summed E-state index contributed by atoms with van der Waals surface area (Å²) in [5, 5.41) is 19.1. The minimum absolute atomic E-state index is 0.0381. The highest BCUT2D eigenvalue weighted by molar-refractivity contribution is 7.13. The molecule has 2 heterocycles. The molecule has 7 heteroatoms. The van der Waals surface area contributed by atoms with Crippen molar-refractivity contribution < 1.29 is 14.7 Å². The van der Waals surface area contributed by atoms with Crippen LogP contribution >= 0.6 is 11.3 Å². The van der Waals surface area contributed by atoms with Gasteiger partial charge in [0, 0.05) is 5.56 Å². The maximum atomic E-state index is 13.0. The van der Waals surface area contributed by atoms with Crippen LogP contribution in [0.15, 0.2) is 65.7 Å². The number of ketones is 1. The molecule has 1 unspecified atom stereocenters. The van der Waals surface area contributed by atoms with Crippen LogP contribution in [0.4, 0.5) is 5.13 Å². The van der Waals surface area contributed by atoms with E-state index >= 15 is 0 Å². The average molecular weight is 420 g/mol. The zero-order chi connectivity index (χ0) is 21.5. The number of aliphatic hydroxyl groups excluding tert-OH is 1. The Hall–Kier alpha value is -3.32. The molecule has 0 aliphatic carbocycles. The number of benzene rings is 2. The lowest BCUT2D eigenvalue weighted by atomic mass is 9.85. The van der Waals surface area contributed by atoms with Gasteiger partial charge in [-0.05, 0) is 16.5 Å². The molecule has 2 aromatic carbocycles. The second kappa shape index (κ2) is 7.50. The zero-order valence-electron chi connectivity index (χ0n) is 16.9. The van der Waals surface area contributed by atoms with Crippen LogP contribution in [0, 0.1) is 0 Å². The highest BCUT2D eigenvalue weighted by Crippen LogP contribution is 2.42. The van der Waals surface area contributed by atoms with Gasteiger partial charge in [-0.15, -0.1) is 10.2 Å². The Labute approximate surface area is 178 Å². The Morgan fingerprint density at radius 1 is 1.03 bits per heavy atom. The van der Waals surface area contributed by atoms with Crippen molar-refractivity contribution in [2.45, 2.75) is 32.2 Å². The molecule has 1 aliphatic rings. The molecule has 152 valence electrons. The number of nitrogens with zero attached hydrogens (tertiary/aromatic N) is 3. The van der Waals surface area contributed by atoms with Crippen molar-refractivity contribution in [3.63, 3.8) is 0 Å². The van der Waals surface area contributed by atoms with Gasteiger partial charge in [0.1, 0.15) is 11.3 Å². The first kappa shape index (κ1) is 20.0. The standard InChI is InChI=1S/C23H21N3O3S/c1-23(2,3)16-11-9-14(10-12-16)18-17(19(27)15-7-5-4-6-8-15)20(28)21(29)26(18)22-25-24-13-30-22/h4-13,18,27H,1-3H3. The number of carbonyl (C=O) groups excluding carboxylic acids is 2. The van der Waals surface area contributed by atoms with Crippen LogP contribution in [0.1, 0.15) is 43.5 Å². The number of hydrogen-bond acceptors (Lipinski definition) is 6. The van der Waals surface area contributed by atoms with E-state index in [-0.39, 0.29) is 16.7 Å². The van der Waals surface area contributed by atoms with E-state index in [4.69, 9.17) is 0 Å². The number of aromatic nitrogens is 2. The van der Waals surface area contributed by atoms with E-state index in [0.29, 0.717) is 10.7 Å². The summed E-state index contributed by atoms with van der Waals surface area (Å²) in [4.78, 5) is 27.2. The van der Waals surface area contributed by atoms with Crippen LogP contribution in [-0.4, -0.2) is 27.0 Å². The second-order valence-electron chi connectivity index (χ2n) is 8.13. The second-order valence-corrected chi connectivity index (χ2v) is 8.94. The summed E-state index contributed by atoms with van der Waals surface area (Å²) in [6, 6.07) is 15.7. The molecule has 0 spiro atoms. The van der Waals surface area contributed by atoms with Crippen molar-refractivity contribution in [1.82, 2.24) is 10.2 Å². The molecule has 6 nitrogen and oxygen atoms in total. The quantitative estimate of drug-likeness (QED) is 0.385. The first-order valence-corrected chi connectivity index (χ1v) is 10.4. The average Bonchev–Trinajstić information content (AvgIpc) is 3.35. The van der Waals surface area contributed by atoms with E-state index in [1.54, 1.807) is 24.3 Å². The van der Waals surface area contributed by atoms with Gasteiger partial charge < -0.3 is 5.11 Å². The van der Waals surface area contributed by atoms with Gasteiger partial charge >= 0.3 is 5.91 Å². The van der Waals surface area contributed by atoms with E-state index in [2.05, 4.69) is 31.0 Å². The van der Waals surface area contributed by atoms with Gasteiger partial charge in [0.2, 0.25) is 5.13 Å². The Balaban J connectivity index is 1.90. The van der Waals surface area contributed by atoms with Crippen molar-refractivity contribution in [3.05, 3.63) is 82.4 Å². The highest BCUT2D eigenvalue weighted by atomic mass is 32.1. The van der Waals surface area contributed by atoms with Crippen LogP contribution in [0.3, 0.4) is 0 Å². The summed E-state index contributed by atoms with van der Waals surface area (Å²) < 4.78 is 0. The molecule has 0 saturated carbocycles. The number of anilines is 1. The number of amides is 1. The van der Waals surface area contributed by atoms with Gasteiger partial charge in [-0.2, -0.15) is 0 Å². The van der Waals surface area contributed by atoms with Gasteiger partial charge in [0.05, 0.1) is 11.6 Å². The van der Waals surface area contributed by atoms with Crippen molar-refractivity contribution in [1.29, 1.82) is 0 Å². The first-order valence-electron chi connectivity index (χ1n) is 9.52. The van der Waals surface area contributed by atoms with Crippen molar-refractivity contribution in [3.8, 4) is 0 Å². The predicted octanol–water partition coefficient (Wildman–Crippen LogP) is 4.46. The molecule has 1 amide bonds. The number of Topliss-reactive ketones (excluding diaryl/α,β-unsaturated/α-hetero) is 1. The highest BCUT2D eigenvalue weighted by Gasteiger charge is 2.48. The Bertz CT molecular complexity index is 1110. The molecule has 30 heavy (non-hydrogen) atoms. The normalized spacial score (nSPS) is 18.8. The minimum Gasteiger partial charge on any atom is -0.507 e. The molecule has 1 fully saturated rings. The molecule has 1 aliphatic heterocycles. The van der Waals surface area contributed by atoms with Gasteiger partial charge in [-0.1, -0.05) is 86.7 Å². The summed E-state index contributed by atoms with van der Waals surface area (Å²) in [6.45, 7) is 6.35. The van der Waals surface area contributed by atoms with Crippen LogP contribution in [0.25, 0.3) is 5.76 Å². The summed E-state index contributed by atoms with van der Waals surface area (Å²) in [7, 11) is 0. The molecule has 1 aromatic heterocycles. The van der Waals surface area contributed by atoms with E-state index < -0.39 is 17.7 Å². The molecular weight excluding hydrogens is 398 g/mol. The zero-order valence-corrected chi connectivity index (χ0v) is 17.7. The first-order chi connectivity index (χ1) is 14.3. The largest absolute Gasteiger partial charge is 0.507 e. The summed E-state index contributed by atoms with van der Waals surface area (Å²) in [5.74, 6) is -1.67. The Kier molecular flexibility index (Phi) is 4.99. The van der Waals surface area contributed by atoms with Crippen LogP contribution < -0.4 is 4.90 Å². The smallest absolute Gasteiger partial charge is 0.301 e. The van der Waals surface area contributed by atoms with E-state index in [1.807, 2.05) is 30.3 Å². The molecular formula is C23H21N3O3S. The molecule has 1 saturated heterocycles. The van der Waals surface area contributed by atoms with Crippen molar-refractivity contribution >= 4 is 33.9 Å². The third-order valence-corrected chi connectivity index (χ3v) is 5.83. The van der Waals surface area contributed by atoms with Crippen LogP contribution in [-0.2, 0) is 15.0 Å². The molecule has 0 bridgehead atoms. The third kappa shape index (κ3) is 3.41. The summed E-state index contributed by atoms with van der Waals surface area (Å²) >= 11 is 1.17. The maximum absolute atomic E-state index is 13.0. The lowest BCUT2D eigenvalue weighted by Gasteiger charge is -2.24. The topological polar surface area (TPSA) is 83.4 Å². The number of rotatable bonds is 3. The van der Waals surface area contributed by atoms with E-state index in [1.165, 1.54) is 21.7 Å². The Morgan fingerprint density at radius 2 is 1.70 bits per heavy atom. The summed E-state index contributed by atoms with van der Waals surface area (Å²) in [5.41, 5.74) is 3.83. The van der Waals surface area contributed by atoms with Crippen LogP contribution in [0.5, 0.6) is 0 Å². The lowest BCUT2D eigenvalue weighted by molar-refractivity contribution is -0.132. The molecule has 3 aromatic rings. The predicted molar refractivity (Wildman–Crippen MR) is 116 cm³/mol. The van der Waals surface area contributed by atoms with Crippen molar-refractivity contribution in [2.75, 3.05) is 4.90 Å². The molecule has 0 radical (unpaired) electrons. The van der Waals surface area contributed by atoms with Gasteiger partial charge in [-0.3, -0.25) is 14.5 Å². The van der Waals surface area contributed by atoms with Crippen LogP contribution in [0.2, 0.25) is 0 Å². The minimum atomic E-state index is -0.785. The monoisotopic (exact) mass is 419 g/mol. The van der Waals surface area contributed by atoms with Gasteiger partial charge in [0.25, 0.3) is 5.78 Å². The molecule has 4 rings (SSSR count). The Morgan fingerprint density at radius 3 is 2.27 bits per heavy atom. The van der Waals surface area contributed by atoms with Gasteiger partial charge in [0.15, 0.2) is 0 Å². The molecule has 1 N–H and O–H groups in total. The maximum Gasteiger partial charge on any atom is 0.301 e. The van der Waals surface area contributed by atoms with E-state index in [9.17, 15) is 14.7 Å². The SMILES string of the molecule is CC(C)(C)c1ccc(C2C(=C(O)c3ccccc3)C(=O)C(=O)N2c2nncs2)cc1.